The predicted molar refractivity (Wildman–Crippen MR) is 182 cm³/mol. The minimum atomic E-state index is -4.54. The lowest BCUT2D eigenvalue weighted by Crippen LogP contribution is -2.43. The van der Waals surface area contributed by atoms with Crippen molar-refractivity contribution >= 4 is 16.7 Å². The molecule has 51 heavy (non-hydrogen) atoms. The second-order valence-electron chi connectivity index (χ2n) is 13.4. The molecule has 0 amide bonds. The molecule has 0 bridgehead atoms. The Kier molecular flexibility index (Phi) is 7.80. The number of anilines is 1. The van der Waals surface area contributed by atoms with E-state index in [4.69, 9.17) is 9.72 Å². The van der Waals surface area contributed by atoms with Crippen LogP contribution in [0.1, 0.15) is 67.2 Å². The SMILES string of the molecule is COc1ncnc(C2CC2)c1-c1ncnc(N(Cc2ccc3c(c2)CCCn2cc(C(F)(F)F)nc2-3)C(C)(C)c2n[nH]c(=O)c3ccccc23)n1. The summed E-state index contributed by atoms with van der Waals surface area (Å²) in [6.07, 6.45) is 2.77. The predicted octanol–water partition coefficient (Wildman–Crippen LogP) is 6.22. The molecule has 2 aliphatic rings. The number of alkyl halides is 3. The average Bonchev–Trinajstić information content (AvgIpc) is 3.91. The van der Waals surface area contributed by atoms with Gasteiger partial charge in [-0.05, 0) is 56.7 Å². The number of nitrogens with zero attached hydrogens (tertiary/aromatic N) is 9. The molecule has 1 saturated carbocycles. The van der Waals surface area contributed by atoms with Gasteiger partial charge in [0.15, 0.2) is 11.5 Å². The van der Waals surface area contributed by atoms with Crippen molar-refractivity contribution in [1.82, 2.24) is 44.7 Å². The van der Waals surface area contributed by atoms with Crippen LogP contribution in [0.25, 0.3) is 33.5 Å². The number of H-pyrrole nitrogens is 1. The molecule has 4 aromatic heterocycles. The van der Waals surface area contributed by atoms with E-state index in [0.29, 0.717) is 70.5 Å². The van der Waals surface area contributed by atoms with Crippen molar-refractivity contribution < 1.29 is 17.9 Å². The van der Waals surface area contributed by atoms with Crippen molar-refractivity contribution in [2.24, 2.45) is 0 Å². The van der Waals surface area contributed by atoms with Crippen LogP contribution in [-0.2, 0) is 31.2 Å². The molecule has 12 nitrogen and oxygen atoms in total. The molecule has 1 N–H and O–H groups in total. The molecule has 0 atom stereocenters. The Bertz CT molecular complexity index is 2350. The normalized spacial score (nSPS) is 14.5. The minimum absolute atomic E-state index is 0.253. The Morgan fingerprint density at radius 2 is 1.78 bits per heavy atom. The molecule has 8 rings (SSSR count). The number of fused-ring (bicyclic) bond motifs is 4. The minimum Gasteiger partial charge on any atom is -0.480 e. The number of methoxy groups -OCH3 is 1. The number of aryl methyl sites for hydroxylation is 2. The average molecular weight is 695 g/mol. The number of benzene rings is 2. The zero-order chi connectivity index (χ0) is 35.5. The largest absolute Gasteiger partial charge is 0.480 e. The lowest BCUT2D eigenvalue weighted by molar-refractivity contribution is -0.140. The maximum Gasteiger partial charge on any atom is 0.434 e. The van der Waals surface area contributed by atoms with Crippen LogP contribution in [0, 0.1) is 0 Å². The van der Waals surface area contributed by atoms with E-state index in [0.717, 1.165) is 35.9 Å². The molecule has 1 aliphatic carbocycles. The van der Waals surface area contributed by atoms with Gasteiger partial charge in [0.05, 0.1) is 29.4 Å². The highest BCUT2D eigenvalue weighted by molar-refractivity contribution is 5.84. The van der Waals surface area contributed by atoms with Gasteiger partial charge in [-0.3, -0.25) is 4.79 Å². The second-order valence-corrected chi connectivity index (χ2v) is 13.4. The van der Waals surface area contributed by atoms with Gasteiger partial charge in [-0.1, -0.05) is 36.4 Å². The molecular weight excluding hydrogens is 661 g/mol. The van der Waals surface area contributed by atoms with Gasteiger partial charge in [-0.2, -0.15) is 23.3 Å². The first-order valence-corrected chi connectivity index (χ1v) is 16.6. The molecular formula is C36H33F3N10O2. The number of rotatable bonds is 8. The topological polar surface area (TPSA) is 140 Å². The fourth-order valence-corrected chi connectivity index (χ4v) is 6.91. The summed E-state index contributed by atoms with van der Waals surface area (Å²) in [5.74, 6) is 1.60. The summed E-state index contributed by atoms with van der Waals surface area (Å²) < 4.78 is 48.0. The molecule has 6 aromatic rings. The third kappa shape index (κ3) is 5.85. The quantitative estimate of drug-likeness (QED) is 0.195. The van der Waals surface area contributed by atoms with Crippen LogP contribution in [0.2, 0.25) is 0 Å². The zero-order valence-corrected chi connectivity index (χ0v) is 28.1. The summed E-state index contributed by atoms with van der Waals surface area (Å²) in [6.45, 7) is 4.66. The van der Waals surface area contributed by atoms with E-state index in [1.807, 2.05) is 49.1 Å². The summed E-state index contributed by atoms with van der Waals surface area (Å²) in [5.41, 5.74) is 2.31. The van der Waals surface area contributed by atoms with Crippen molar-refractivity contribution in [3.8, 4) is 28.7 Å². The molecule has 15 heteroatoms. The van der Waals surface area contributed by atoms with E-state index in [-0.39, 0.29) is 18.0 Å². The van der Waals surface area contributed by atoms with Crippen LogP contribution in [-0.4, -0.2) is 51.8 Å². The van der Waals surface area contributed by atoms with E-state index in [1.54, 1.807) is 23.8 Å². The molecule has 1 aliphatic heterocycles. The Morgan fingerprint density at radius 3 is 2.55 bits per heavy atom. The number of hydrogen-bond acceptors (Lipinski definition) is 10. The van der Waals surface area contributed by atoms with Crippen molar-refractivity contribution in [1.29, 1.82) is 0 Å². The van der Waals surface area contributed by atoms with Gasteiger partial charge in [0.25, 0.3) is 5.56 Å². The summed E-state index contributed by atoms with van der Waals surface area (Å²) in [6, 6.07) is 13.0. The van der Waals surface area contributed by atoms with Gasteiger partial charge in [-0.25, -0.2) is 30.0 Å². The molecule has 5 heterocycles. The van der Waals surface area contributed by atoms with Crippen LogP contribution in [0.3, 0.4) is 0 Å². The van der Waals surface area contributed by atoms with Crippen LogP contribution in [0.4, 0.5) is 19.1 Å². The van der Waals surface area contributed by atoms with Gasteiger partial charge in [0.1, 0.15) is 24.0 Å². The molecule has 0 unspecified atom stereocenters. The third-order valence-electron chi connectivity index (χ3n) is 9.64. The highest BCUT2D eigenvalue weighted by atomic mass is 19.4. The lowest BCUT2D eigenvalue weighted by atomic mass is 9.92. The number of hydrogen-bond donors (Lipinski definition) is 1. The van der Waals surface area contributed by atoms with E-state index in [1.165, 1.54) is 12.7 Å². The molecule has 260 valence electrons. The fraction of sp³-hybridized carbons (Fsp3) is 0.333. The lowest BCUT2D eigenvalue weighted by Gasteiger charge is -2.38. The summed E-state index contributed by atoms with van der Waals surface area (Å²) in [7, 11) is 1.54. The zero-order valence-electron chi connectivity index (χ0n) is 28.1. The van der Waals surface area contributed by atoms with Crippen molar-refractivity contribution in [2.75, 3.05) is 12.0 Å². The van der Waals surface area contributed by atoms with E-state index < -0.39 is 17.4 Å². The standard InChI is InChI=1S/C36H33F3N10O2/c1-35(2,29-24-8-4-5-9-25(24)32(50)47-46-29)49(34-43-19-41-30(45-34)27-28(21-11-12-21)40-18-42-33(27)51-3)16-20-10-13-23-22(15-20)7-6-14-48-17-26(36(37,38)39)44-31(23)48/h4-5,8-10,13,15,17-19,21H,6-7,11-12,14,16H2,1-3H3,(H,47,50). The van der Waals surface area contributed by atoms with Crippen LogP contribution in [0.15, 0.2) is 66.1 Å². The second kappa shape index (κ2) is 12.2. The highest BCUT2D eigenvalue weighted by Gasteiger charge is 2.38. The molecule has 0 radical (unpaired) electrons. The number of nitrogens with one attached hydrogen (secondary N) is 1. The van der Waals surface area contributed by atoms with Crippen LogP contribution in [0.5, 0.6) is 5.88 Å². The van der Waals surface area contributed by atoms with E-state index in [2.05, 4.69) is 35.1 Å². The highest BCUT2D eigenvalue weighted by Crippen LogP contribution is 2.45. The van der Waals surface area contributed by atoms with E-state index in [9.17, 15) is 18.0 Å². The van der Waals surface area contributed by atoms with Gasteiger partial charge < -0.3 is 14.2 Å². The third-order valence-corrected chi connectivity index (χ3v) is 9.64. The Hall–Kier alpha value is -5.73. The first kappa shape index (κ1) is 32.5. The van der Waals surface area contributed by atoms with Gasteiger partial charge in [0, 0.05) is 36.2 Å². The van der Waals surface area contributed by atoms with Crippen molar-refractivity contribution in [3.05, 3.63) is 99.9 Å². The Morgan fingerprint density at radius 1 is 1.00 bits per heavy atom. The summed E-state index contributed by atoms with van der Waals surface area (Å²) in [4.78, 5) is 41.9. The first-order valence-electron chi connectivity index (χ1n) is 16.6. The molecule has 1 fully saturated rings. The molecule has 0 saturated heterocycles. The summed E-state index contributed by atoms with van der Waals surface area (Å²) >= 11 is 0. The maximum absolute atomic E-state index is 13.6. The van der Waals surface area contributed by atoms with Gasteiger partial charge >= 0.3 is 6.18 Å². The van der Waals surface area contributed by atoms with Crippen LogP contribution >= 0.6 is 0 Å². The van der Waals surface area contributed by atoms with Crippen LogP contribution < -0.4 is 15.2 Å². The fourth-order valence-electron chi connectivity index (χ4n) is 6.91. The van der Waals surface area contributed by atoms with E-state index >= 15 is 0 Å². The Labute approximate surface area is 289 Å². The Balaban J connectivity index is 1.26. The number of aromatic nitrogens is 9. The smallest absolute Gasteiger partial charge is 0.434 e. The van der Waals surface area contributed by atoms with Gasteiger partial charge in [-0.15, -0.1) is 0 Å². The number of ether oxygens (including phenoxy) is 1. The molecule has 2 aromatic carbocycles. The van der Waals surface area contributed by atoms with Gasteiger partial charge in [0.2, 0.25) is 11.8 Å². The number of aromatic amines is 1. The monoisotopic (exact) mass is 694 g/mol. The number of halogens is 3. The van der Waals surface area contributed by atoms with Crippen molar-refractivity contribution in [3.63, 3.8) is 0 Å². The maximum atomic E-state index is 13.6. The van der Waals surface area contributed by atoms with Crippen molar-refractivity contribution in [2.45, 2.75) is 70.3 Å². The first-order chi connectivity index (χ1) is 24.5. The molecule has 0 spiro atoms. The summed E-state index contributed by atoms with van der Waals surface area (Å²) in [5, 5.41) is 8.38. The number of imidazole rings is 1.